The van der Waals surface area contributed by atoms with Crippen LogP contribution in [0.5, 0.6) is 0 Å². The number of carbonyl (C=O) groups is 2. The first kappa shape index (κ1) is 15.5. The van der Waals surface area contributed by atoms with E-state index in [9.17, 15) is 9.59 Å². The Morgan fingerprint density at radius 3 is 2.47 bits per heavy atom. The number of esters is 1. The lowest BCUT2D eigenvalue weighted by atomic mass is 9.96. The number of alkyl halides is 1. The summed E-state index contributed by atoms with van der Waals surface area (Å²) in [6.07, 6.45) is 0.682. The van der Waals surface area contributed by atoms with Gasteiger partial charge in [-0.2, -0.15) is 0 Å². The van der Waals surface area contributed by atoms with E-state index in [1.54, 1.807) is 0 Å². The van der Waals surface area contributed by atoms with Gasteiger partial charge in [-0.25, -0.2) is 0 Å². The molecule has 0 saturated carbocycles. The molecule has 1 rings (SSSR count). The largest absolute Gasteiger partial charge is 0.468 e. The number of ether oxygens (including phenoxy) is 1. The summed E-state index contributed by atoms with van der Waals surface area (Å²) in [5.41, 5.74) is 0.951. The Balaban J connectivity index is 2.59. The van der Waals surface area contributed by atoms with Crippen LogP contribution >= 0.6 is 11.6 Å². The van der Waals surface area contributed by atoms with E-state index >= 15 is 0 Å². The summed E-state index contributed by atoms with van der Waals surface area (Å²) < 4.78 is 4.49. The molecule has 0 bridgehead atoms. The number of halogens is 1. The molecule has 19 heavy (non-hydrogen) atoms. The molecule has 2 atom stereocenters. The van der Waals surface area contributed by atoms with Crippen LogP contribution in [-0.2, 0) is 14.3 Å². The second kappa shape index (κ2) is 7.79. The molecule has 0 fully saturated rings. The molecule has 0 radical (unpaired) electrons. The van der Waals surface area contributed by atoms with Crippen LogP contribution in [0.2, 0.25) is 0 Å². The lowest BCUT2D eigenvalue weighted by Crippen LogP contribution is -2.36. The van der Waals surface area contributed by atoms with Crippen molar-refractivity contribution in [3.05, 3.63) is 35.9 Å². The smallest absolute Gasteiger partial charge is 0.325 e. The highest BCUT2D eigenvalue weighted by molar-refractivity contribution is 6.30. The second-order valence-corrected chi connectivity index (χ2v) is 4.63. The molecule has 1 aromatic rings. The zero-order valence-electron chi connectivity index (χ0n) is 11.1. The highest BCUT2D eigenvalue weighted by Gasteiger charge is 2.21. The van der Waals surface area contributed by atoms with Crippen LogP contribution in [0.15, 0.2) is 30.3 Å². The molecule has 1 amide bonds. The van der Waals surface area contributed by atoms with Crippen molar-refractivity contribution < 1.29 is 14.3 Å². The molecule has 0 heterocycles. The van der Waals surface area contributed by atoms with Gasteiger partial charge in [0.15, 0.2) is 0 Å². The minimum absolute atomic E-state index is 0.0659. The van der Waals surface area contributed by atoms with E-state index in [1.165, 1.54) is 7.11 Å². The zero-order valence-corrected chi connectivity index (χ0v) is 11.8. The number of rotatable bonds is 6. The Morgan fingerprint density at radius 2 is 1.95 bits per heavy atom. The van der Waals surface area contributed by atoms with Crippen molar-refractivity contribution in [3.8, 4) is 0 Å². The molecule has 4 nitrogen and oxygen atoms in total. The number of hydrogen-bond donors (Lipinski definition) is 1. The Kier molecular flexibility index (Phi) is 6.36. The summed E-state index contributed by atoms with van der Waals surface area (Å²) in [7, 11) is 1.26. The number of nitrogens with one attached hydrogen (secondary N) is 1. The normalized spacial score (nSPS) is 13.4. The van der Waals surface area contributed by atoms with Gasteiger partial charge in [-0.05, 0) is 12.0 Å². The maximum atomic E-state index is 12.1. The van der Waals surface area contributed by atoms with Crippen molar-refractivity contribution >= 4 is 23.5 Å². The highest BCUT2D eigenvalue weighted by Crippen LogP contribution is 2.19. The fraction of sp³-hybridized carbons (Fsp3) is 0.429. The number of carbonyl (C=O) groups excluding carboxylic acids is 2. The fourth-order valence-corrected chi connectivity index (χ4v) is 1.95. The van der Waals surface area contributed by atoms with Crippen LogP contribution in [0.25, 0.3) is 0 Å². The first-order valence-corrected chi connectivity index (χ1v) is 6.58. The first-order valence-electron chi connectivity index (χ1n) is 6.14. The Hall–Kier alpha value is -1.55. The van der Waals surface area contributed by atoms with Crippen molar-refractivity contribution in [1.82, 2.24) is 5.32 Å². The Labute approximate surface area is 118 Å². The van der Waals surface area contributed by atoms with Crippen molar-refractivity contribution in [2.24, 2.45) is 0 Å². The van der Waals surface area contributed by atoms with Gasteiger partial charge in [-0.15, -0.1) is 11.6 Å². The van der Waals surface area contributed by atoms with Gasteiger partial charge in [-0.3, -0.25) is 9.59 Å². The lowest BCUT2D eigenvalue weighted by molar-refractivity contribution is -0.140. The molecule has 0 saturated heterocycles. The van der Waals surface area contributed by atoms with E-state index in [2.05, 4.69) is 10.1 Å². The molecular weight excluding hydrogens is 266 g/mol. The van der Waals surface area contributed by atoms with E-state index in [0.717, 1.165) is 5.56 Å². The minimum atomic E-state index is -0.859. The maximum absolute atomic E-state index is 12.1. The quantitative estimate of drug-likeness (QED) is 0.642. The molecule has 1 N–H and O–H groups in total. The van der Waals surface area contributed by atoms with E-state index in [1.807, 2.05) is 37.3 Å². The Bertz CT molecular complexity index is 422. The average Bonchev–Trinajstić information content (AvgIpc) is 2.45. The van der Waals surface area contributed by atoms with Gasteiger partial charge >= 0.3 is 5.97 Å². The third kappa shape index (κ3) is 4.56. The third-order valence-electron chi connectivity index (χ3n) is 2.84. The molecule has 0 aliphatic carbocycles. The number of hydrogen-bond acceptors (Lipinski definition) is 3. The average molecular weight is 284 g/mol. The van der Waals surface area contributed by atoms with Gasteiger partial charge in [0.2, 0.25) is 5.91 Å². The van der Waals surface area contributed by atoms with E-state index in [-0.39, 0.29) is 18.4 Å². The molecular formula is C14H18ClNO3. The first-order chi connectivity index (χ1) is 9.10. The van der Waals surface area contributed by atoms with Crippen LogP contribution in [-0.4, -0.2) is 30.9 Å². The second-order valence-electron chi connectivity index (χ2n) is 4.11. The number of benzene rings is 1. The zero-order chi connectivity index (χ0) is 14.3. The molecule has 0 aromatic heterocycles. The van der Waals surface area contributed by atoms with Crippen LogP contribution in [0.3, 0.4) is 0 Å². The fourth-order valence-electron chi connectivity index (χ4n) is 1.78. The highest BCUT2D eigenvalue weighted by atomic mass is 35.5. The van der Waals surface area contributed by atoms with E-state index in [0.29, 0.717) is 6.42 Å². The SMILES string of the molecule is CCC(C(=O)NCC(Cl)C(=O)OC)c1ccccc1. The van der Waals surface area contributed by atoms with Crippen LogP contribution in [0, 0.1) is 0 Å². The van der Waals surface area contributed by atoms with E-state index in [4.69, 9.17) is 11.6 Å². The van der Waals surface area contributed by atoms with E-state index < -0.39 is 11.3 Å². The summed E-state index contributed by atoms with van der Waals surface area (Å²) >= 11 is 5.78. The van der Waals surface area contributed by atoms with Gasteiger partial charge in [0.25, 0.3) is 0 Å². The molecule has 104 valence electrons. The van der Waals surface area contributed by atoms with Gasteiger partial charge in [0.1, 0.15) is 5.38 Å². The van der Waals surface area contributed by atoms with Gasteiger partial charge < -0.3 is 10.1 Å². The molecule has 2 unspecified atom stereocenters. The van der Waals surface area contributed by atoms with Crippen LogP contribution in [0.4, 0.5) is 0 Å². The predicted octanol–water partition coefficient (Wildman–Crippen LogP) is 2.08. The van der Waals surface area contributed by atoms with Crippen molar-refractivity contribution in [1.29, 1.82) is 0 Å². The summed E-state index contributed by atoms with van der Waals surface area (Å²) in [4.78, 5) is 23.2. The standard InChI is InChI=1S/C14H18ClNO3/c1-3-11(10-7-5-4-6-8-10)13(17)16-9-12(15)14(18)19-2/h4-8,11-12H,3,9H2,1-2H3,(H,16,17). The summed E-state index contributed by atoms with van der Waals surface area (Å²) in [6, 6.07) is 9.51. The third-order valence-corrected chi connectivity index (χ3v) is 3.17. The predicted molar refractivity (Wildman–Crippen MR) is 74.1 cm³/mol. The minimum Gasteiger partial charge on any atom is -0.468 e. The molecule has 0 spiro atoms. The molecule has 0 aliphatic heterocycles. The number of amides is 1. The van der Waals surface area contributed by atoms with Crippen molar-refractivity contribution in [2.75, 3.05) is 13.7 Å². The van der Waals surface area contributed by atoms with Crippen LogP contribution < -0.4 is 5.32 Å². The van der Waals surface area contributed by atoms with Crippen LogP contribution in [0.1, 0.15) is 24.8 Å². The van der Waals surface area contributed by atoms with Gasteiger partial charge in [-0.1, -0.05) is 37.3 Å². The topological polar surface area (TPSA) is 55.4 Å². The monoisotopic (exact) mass is 283 g/mol. The molecule has 1 aromatic carbocycles. The van der Waals surface area contributed by atoms with Gasteiger partial charge in [0, 0.05) is 6.54 Å². The number of methoxy groups -OCH3 is 1. The lowest BCUT2D eigenvalue weighted by Gasteiger charge is -2.16. The van der Waals surface area contributed by atoms with Gasteiger partial charge in [0.05, 0.1) is 13.0 Å². The molecule has 0 aliphatic rings. The summed E-state index contributed by atoms with van der Waals surface area (Å²) in [5, 5.41) is 1.82. The maximum Gasteiger partial charge on any atom is 0.325 e. The van der Waals surface area contributed by atoms with Crippen molar-refractivity contribution in [3.63, 3.8) is 0 Å². The Morgan fingerprint density at radius 1 is 1.32 bits per heavy atom. The van der Waals surface area contributed by atoms with Crippen molar-refractivity contribution in [2.45, 2.75) is 24.6 Å². The summed E-state index contributed by atoms with van der Waals surface area (Å²) in [5.74, 6) is -0.916. The molecule has 5 heteroatoms. The summed E-state index contributed by atoms with van der Waals surface area (Å²) in [6.45, 7) is 2.01.